The molecule has 0 spiro atoms. The molecule has 9 heteroatoms. The van der Waals surface area contributed by atoms with E-state index in [1.54, 1.807) is 24.3 Å². The zero-order chi connectivity index (χ0) is 19.4. The van der Waals surface area contributed by atoms with Crippen molar-refractivity contribution in [3.63, 3.8) is 0 Å². The van der Waals surface area contributed by atoms with Gasteiger partial charge < -0.3 is 18.6 Å². The fourth-order valence-electron chi connectivity index (χ4n) is 2.56. The first-order valence-electron chi connectivity index (χ1n) is 8.16. The number of methoxy groups -OCH3 is 1. The molecule has 2 aromatic rings. The lowest BCUT2D eigenvalue weighted by molar-refractivity contribution is 0.0693. The van der Waals surface area contributed by atoms with Crippen LogP contribution in [-0.4, -0.2) is 51.7 Å². The van der Waals surface area contributed by atoms with Gasteiger partial charge in [-0.25, -0.2) is 0 Å². The number of rotatable bonds is 5. The first-order valence-corrected chi connectivity index (χ1v) is 10.4. The van der Waals surface area contributed by atoms with E-state index in [9.17, 15) is 8.42 Å². The van der Waals surface area contributed by atoms with Gasteiger partial charge in [0, 0.05) is 18.7 Å². The second-order valence-electron chi connectivity index (χ2n) is 5.76. The van der Waals surface area contributed by atoms with Crippen LogP contribution >= 0.6 is 23.8 Å². The molecule has 0 amide bonds. The predicted octanol–water partition coefficient (Wildman–Crippen LogP) is 3.12. The third kappa shape index (κ3) is 4.70. The molecule has 0 saturated carbocycles. The van der Waals surface area contributed by atoms with Crippen LogP contribution in [0.3, 0.4) is 0 Å². The fraction of sp³-hybridized carbons (Fsp3) is 0.278. The fourth-order valence-corrected chi connectivity index (χ4v) is 4.08. The highest BCUT2D eigenvalue weighted by Crippen LogP contribution is 2.29. The van der Waals surface area contributed by atoms with Gasteiger partial charge >= 0.3 is 10.1 Å². The zero-order valence-electron chi connectivity index (χ0n) is 14.6. The van der Waals surface area contributed by atoms with Gasteiger partial charge in [0.1, 0.15) is 15.6 Å². The first kappa shape index (κ1) is 19.9. The van der Waals surface area contributed by atoms with Gasteiger partial charge in [-0.2, -0.15) is 8.42 Å². The van der Waals surface area contributed by atoms with Gasteiger partial charge in [0.2, 0.25) is 0 Å². The van der Waals surface area contributed by atoms with E-state index >= 15 is 0 Å². The van der Waals surface area contributed by atoms with E-state index in [0.717, 1.165) is 5.56 Å². The highest BCUT2D eigenvalue weighted by molar-refractivity contribution is 7.87. The Labute approximate surface area is 168 Å². The maximum atomic E-state index is 12.4. The normalized spacial score (nSPS) is 14.7. The summed E-state index contributed by atoms with van der Waals surface area (Å²) in [5.74, 6) is 0.592. The van der Waals surface area contributed by atoms with Crippen molar-refractivity contribution in [1.82, 2.24) is 4.90 Å². The van der Waals surface area contributed by atoms with Crippen LogP contribution in [0.15, 0.2) is 47.4 Å². The standard InChI is InChI=1S/C18H18ClNO5S2/c1-23-14-3-5-15(6-4-14)27(21,22)25-17-7-2-13(12-16(17)19)18(26)20-8-10-24-11-9-20/h2-7,12H,8-11H2,1H3. The predicted molar refractivity (Wildman–Crippen MR) is 106 cm³/mol. The molecule has 2 aromatic carbocycles. The summed E-state index contributed by atoms with van der Waals surface area (Å²) < 4.78 is 40.4. The third-order valence-corrected chi connectivity index (χ3v) is 6.06. The van der Waals surface area contributed by atoms with Gasteiger partial charge in [-0.15, -0.1) is 0 Å². The van der Waals surface area contributed by atoms with Crippen molar-refractivity contribution in [3.05, 3.63) is 53.1 Å². The molecule has 1 heterocycles. The summed E-state index contributed by atoms with van der Waals surface area (Å²) in [5.41, 5.74) is 0.728. The second kappa shape index (κ2) is 8.43. The molecule has 1 fully saturated rings. The maximum absolute atomic E-state index is 12.4. The van der Waals surface area contributed by atoms with E-state index in [4.69, 9.17) is 37.5 Å². The van der Waals surface area contributed by atoms with Crippen molar-refractivity contribution in [2.75, 3.05) is 33.4 Å². The van der Waals surface area contributed by atoms with Gasteiger partial charge in [0.25, 0.3) is 0 Å². The lowest BCUT2D eigenvalue weighted by atomic mass is 10.2. The minimum atomic E-state index is -4.01. The molecule has 144 valence electrons. The summed E-state index contributed by atoms with van der Waals surface area (Å²) >= 11 is 11.7. The highest BCUT2D eigenvalue weighted by atomic mass is 35.5. The Morgan fingerprint density at radius 1 is 1.15 bits per heavy atom. The first-order chi connectivity index (χ1) is 12.9. The van der Waals surface area contributed by atoms with E-state index in [2.05, 4.69) is 0 Å². The van der Waals surface area contributed by atoms with Gasteiger partial charge in [0.05, 0.1) is 25.3 Å². The molecule has 3 rings (SSSR count). The molecule has 0 bridgehead atoms. The molecule has 1 saturated heterocycles. The maximum Gasteiger partial charge on any atom is 0.339 e. The quantitative estimate of drug-likeness (QED) is 0.536. The van der Waals surface area contributed by atoms with Crippen molar-refractivity contribution in [2.24, 2.45) is 0 Å². The lowest BCUT2D eigenvalue weighted by Gasteiger charge is -2.29. The van der Waals surface area contributed by atoms with Crippen molar-refractivity contribution in [3.8, 4) is 11.5 Å². The van der Waals surface area contributed by atoms with E-state index < -0.39 is 10.1 Å². The van der Waals surface area contributed by atoms with Crippen molar-refractivity contribution < 1.29 is 22.1 Å². The molecule has 0 N–H and O–H groups in total. The molecular weight excluding hydrogens is 410 g/mol. The summed E-state index contributed by atoms with van der Waals surface area (Å²) in [6.07, 6.45) is 0. The topological polar surface area (TPSA) is 65.1 Å². The number of benzene rings is 2. The summed E-state index contributed by atoms with van der Waals surface area (Å²) in [4.78, 5) is 2.68. The molecule has 0 atom stereocenters. The van der Waals surface area contributed by atoms with Crippen LogP contribution in [0.4, 0.5) is 0 Å². The molecule has 1 aliphatic heterocycles. The average molecular weight is 428 g/mol. The molecule has 27 heavy (non-hydrogen) atoms. The SMILES string of the molecule is COc1ccc(S(=O)(=O)Oc2ccc(C(=S)N3CCOCC3)cc2Cl)cc1. The van der Waals surface area contributed by atoms with Crippen LogP contribution in [0.5, 0.6) is 11.5 Å². The number of hydrogen-bond donors (Lipinski definition) is 0. The van der Waals surface area contributed by atoms with Gasteiger partial charge in [-0.1, -0.05) is 23.8 Å². The summed E-state index contributed by atoms with van der Waals surface area (Å²) in [6, 6.07) is 10.7. The highest BCUT2D eigenvalue weighted by Gasteiger charge is 2.20. The molecule has 1 aliphatic rings. The van der Waals surface area contributed by atoms with Crippen LogP contribution in [0, 0.1) is 0 Å². The number of ether oxygens (including phenoxy) is 2. The monoisotopic (exact) mass is 427 g/mol. The smallest absolute Gasteiger partial charge is 0.339 e. The van der Waals surface area contributed by atoms with E-state index in [0.29, 0.717) is 37.0 Å². The minimum absolute atomic E-state index is 0.00674. The van der Waals surface area contributed by atoms with E-state index in [-0.39, 0.29) is 15.7 Å². The number of hydrogen-bond acceptors (Lipinski definition) is 6. The minimum Gasteiger partial charge on any atom is -0.497 e. The van der Waals surface area contributed by atoms with Crippen LogP contribution < -0.4 is 8.92 Å². The summed E-state index contributed by atoms with van der Waals surface area (Å²) in [5, 5.41) is 0.167. The van der Waals surface area contributed by atoms with Crippen LogP contribution in [0.2, 0.25) is 5.02 Å². The molecular formula is C18H18ClNO5S2. The van der Waals surface area contributed by atoms with Crippen LogP contribution in [0.1, 0.15) is 5.56 Å². The van der Waals surface area contributed by atoms with Gasteiger partial charge in [-0.05, 0) is 42.5 Å². The summed E-state index contributed by atoms with van der Waals surface area (Å²) in [7, 11) is -2.51. The van der Waals surface area contributed by atoms with Crippen molar-refractivity contribution in [2.45, 2.75) is 4.90 Å². The van der Waals surface area contributed by atoms with E-state index in [1.807, 2.05) is 4.90 Å². The van der Waals surface area contributed by atoms with Crippen molar-refractivity contribution in [1.29, 1.82) is 0 Å². The Morgan fingerprint density at radius 3 is 2.41 bits per heavy atom. The number of halogens is 1. The zero-order valence-corrected chi connectivity index (χ0v) is 16.9. The number of morpholine rings is 1. The van der Waals surface area contributed by atoms with Crippen LogP contribution in [-0.2, 0) is 14.9 Å². The molecule has 0 aromatic heterocycles. The van der Waals surface area contributed by atoms with Gasteiger partial charge in [-0.3, -0.25) is 0 Å². The average Bonchev–Trinajstić information content (AvgIpc) is 2.69. The number of nitrogens with zero attached hydrogens (tertiary/aromatic N) is 1. The Hall–Kier alpha value is -1.87. The molecule has 0 unspecified atom stereocenters. The van der Waals surface area contributed by atoms with Crippen LogP contribution in [0.25, 0.3) is 0 Å². The Kier molecular flexibility index (Phi) is 6.21. The summed E-state index contributed by atoms with van der Waals surface area (Å²) in [6.45, 7) is 2.66. The van der Waals surface area contributed by atoms with Crippen molar-refractivity contribution >= 4 is 38.9 Å². The third-order valence-electron chi connectivity index (χ3n) is 4.02. The molecule has 0 radical (unpaired) electrons. The Balaban J connectivity index is 1.77. The number of thiocarbonyl (C=S) groups is 1. The Bertz CT molecular complexity index is 925. The molecule has 6 nitrogen and oxygen atoms in total. The van der Waals surface area contributed by atoms with Gasteiger partial charge in [0.15, 0.2) is 5.75 Å². The largest absolute Gasteiger partial charge is 0.497 e. The van der Waals surface area contributed by atoms with E-state index in [1.165, 1.54) is 25.3 Å². The second-order valence-corrected chi connectivity index (χ2v) is 8.10. The Morgan fingerprint density at radius 2 is 1.81 bits per heavy atom. The molecule has 0 aliphatic carbocycles. The lowest BCUT2D eigenvalue weighted by Crippen LogP contribution is -2.40.